The second kappa shape index (κ2) is 5.34. The normalized spacial score (nSPS) is 10.2. The monoisotopic (exact) mass is 262 g/mol. The molecule has 0 heterocycles. The van der Waals surface area contributed by atoms with E-state index in [-0.39, 0.29) is 12.3 Å². The van der Waals surface area contributed by atoms with Gasteiger partial charge in [0, 0.05) is 23.9 Å². The Hall–Kier alpha value is -2.63. The predicted molar refractivity (Wildman–Crippen MR) is 68.5 cm³/mol. The van der Waals surface area contributed by atoms with Crippen molar-refractivity contribution < 1.29 is 14.4 Å². The minimum atomic E-state index is -0.877. The molecule has 0 spiro atoms. The van der Waals surface area contributed by atoms with Crippen LogP contribution >= 0.6 is 0 Å². The quantitative estimate of drug-likeness (QED) is 0.656. The number of nitro groups is 1. The third kappa shape index (κ3) is 2.98. The van der Waals surface area contributed by atoms with E-state index in [2.05, 4.69) is 5.32 Å². The highest BCUT2D eigenvalue weighted by molar-refractivity contribution is 5.52. The van der Waals surface area contributed by atoms with Crippen LogP contribution in [0.4, 0.5) is 15.8 Å². The fourth-order valence-electron chi connectivity index (χ4n) is 1.62. The van der Waals surface area contributed by atoms with E-state index in [9.17, 15) is 19.6 Å². The van der Waals surface area contributed by atoms with Crippen LogP contribution in [0.3, 0.4) is 0 Å². The second-order valence-electron chi connectivity index (χ2n) is 3.91. The van der Waals surface area contributed by atoms with Crippen molar-refractivity contribution in [1.82, 2.24) is 0 Å². The van der Waals surface area contributed by atoms with Gasteiger partial charge in [-0.1, -0.05) is 18.2 Å². The van der Waals surface area contributed by atoms with E-state index in [1.165, 1.54) is 6.07 Å². The molecule has 0 saturated carbocycles. The molecule has 0 aromatic heterocycles. The smallest absolute Gasteiger partial charge is 0.306 e. The largest absolute Gasteiger partial charge is 0.508 e. The SMILES string of the molecule is O=[N+]([O-])c1cc(NCc2ccccc2O)ccc1F. The fraction of sp³-hybridized carbons (Fsp3) is 0.0769. The first-order valence-electron chi connectivity index (χ1n) is 5.52. The summed E-state index contributed by atoms with van der Waals surface area (Å²) in [6, 6.07) is 10.3. The van der Waals surface area contributed by atoms with Crippen molar-refractivity contribution >= 4 is 11.4 Å². The Morgan fingerprint density at radius 1 is 1.26 bits per heavy atom. The van der Waals surface area contributed by atoms with Crippen molar-refractivity contribution in [1.29, 1.82) is 0 Å². The average molecular weight is 262 g/mol. The number of hydrogen-bond acceptors (Lipinski definition) is 4. The molecule has 2 aromatic rings. The molecule has 0 aliphatic heterocycles. The van der Waals surface area contributed by atoms with Crippen LogP contribution in [0.1, 0.15) is 5.56 Å². The number of benzene rings is 2. The van der Waals surface area contributed by atoms with Gasteiger partial charge < -0.3 is 10.4 Å². The Labute approximate surface area is 108 Å². The molecule has 0 bridgehead atoms. The van der Waals surface area contributed by atoms with Gasteiger partial charge in [0.05, 0.1) is 4.92 Å². The molecule has 98 valence electrons. The summed E-state index contributed by atoms with van der Waals surface area (Å²) >= 11 is 0. The molecule has 6 heteroatoms. The average Bonchev–Trinajstić information content (AvgIpc) is 2.39. The number of halogens is 1. The van der Waals surface area contributed by atoms with Gasteiger partial charge >= 0.3 is 5.69 Å². The molecular weight excluding hydrogens is 251 g/mol. The van der Waals surface area contributed by atoms with Crippen molar-refractivity contribution in [2.45, 2.75) is 6.54 Å². The molecule has 0 unspecified atom stereocenters. The van der Waals surface area contributed by atoms with Crippen LogP contribution in [0.5, 0.6) is 5.75 Å². The van der Waals surface area contributed by atoms with E-state index in [1.54, 1.807) is 24.3 Å². The lowest BCUT2D eigenvalue weighted by Crippen LogP contribution is -2.01. The highest BCUT2D eigenvalue weighted by atomic mass is 19.1. The Morgan fingerprint density at radius 3 is 2.68 bits per heavy atom. The molecule has 2 rings (SSSR count). The standard InChI is InChI=1S/C13H11FN2O3/c14-11-6-5-10(7-12(11)16(18)19)15-8-9-3-1-2-4-13(9)17/h1-7,15,17H,8H2. The number of phenolic OH excluding ortho intramolecular Hbond substituents is 1. The maximum atomic E-state index is 13.1. The van der Waals surface area contributed by atoms with Gasteiger partial charge in [-0.05, 0) is 18.2 Å². The van der Waals surface area contributed by atoms with Gasteiger partial charge in [0.1, 0.15) is 5.75 Å². The van der Waals surface area contributed by atoms with Crippen LogP contribution in [0.2, 0.25) is 0 Å². The summed E-state index contributed by atoms with van der Waals surface area (Å²) in [5.41, 5.74) is 0.480. The summed E-state index contributed by atoms with van der Waals surface area (Å²) in [4.78, 5) is 9.82. The maximum absolute atomic E-state index is 13.1. The lowest BCUT2D eigenvalue weighted by Gasteiger charge is -2.08. The highest BCUT2D eigenvalue weighted by Crippen LogP contribution is 2.23. The molecule has 0 aliphatic rings. The zero-order chi connectivity index (χ0) is 13.8. The summed E-state index contributed by atoms with van der Waals surface area (Å²) in [5, 5.41) is 23.1. The van der Waals surface area contributed by atoms with E-state index in [4.69, 9.17) is 0 Å². The zero-order valence-electron chi connectivity index (χ0n) is 9.84. The van der Waals surface area contributed by atoms with E-state index >= 15 is 0 Å². The summed E-state index contributed by atoms with van der Waals surface area (Å²) < 4.78 is 13.1. The topological polar surface area (TPSA) is 75.4 Å². The minimum Gasteiger partial charge on any atom is -0.508 e. The number of nitrogens with zero attached hydrogens (tertiary/aromatic N) is 1. The third-order valence-electron chi connectivity index (χ3n) is 2.62. The number of nitrogens with one attached hydrogen (secondary N) is 1. The lowest BCUT2D eigenvalue weighted by atomic mass is 10.2. The van der Waals surface area contributed by atoms with Crippen LogP contribution < -0.4 is 5.32 Å². The first-order valence-corrected chi connectivity index (χ1v) is 5.52. The molecule has 0 atom stereocenters. The molecule has 0 fully saturated rings. The van der Waals surface area contributed by atoms with Crippen molar-refractivity contribution in [3.05, 3.63) is 64.0 Å². The van der Waals surface area contributed by atoms with Gasteiger partial charge in [-0.25, -0.2) is 0 Å². The minimum absolute atomic E-state index is 0.131. The Morgan fingerprint density at radius 2 is 2.00 bits per heavy atom. The van der Waals surface area contributed by atoms with Crippen LogP contribution in [0.15, 0.2) is 42.5 Å². The predicted octanol–water partition coefficient (Wildman–Crippen LogP) is 3.05. The van der Waals surface area contributed by atoms with E-state index in [0.717, 1.165) is 12.1 Å². The van der Waals surface area contributed by atoms with Crippen molar-refractivity contribution in [2.24, 2.45) is 0 Å². The Balaban J connectivity index is 2.14. The van der Waals surface area contributed by atoms with Crippen molar-refractivity contribution in [3.63, 3.8) is 0 Å². The molecule has 5 nitrogen and oxygen atoms in total. The summed E-state index contributed by atoms with van der Waals surface area (Å²) in [6.07, 6.45) is 0. The first kappa shape index (κ1) is 12.8. The van der Waals surface area contributed by atoms with Crippen LogP contribution in [-0.4, -0.2) is 10.0 Å². The van der Waals surface area contributed by atoms with Gasteiger partial charge in [0.25, 0.3) is 0 Å². The summed E-state index contributed by atoms with van der Waals surface area (Å²) in [5.74, 6) is -0.746. The summed E-state index contributed by atoms with van der Waals surface area (Å²) in [6.45, 7) is 0.287. The van der Waals surface area contributed by atoms with Gasteiger partial charge in [-0.2, -0.15) is 4.39 Å². The number of anilines is 1. The number of phenols is 1. The highest BCUT2D eigenvalue weighted by Gasteiger charge is 2.14. The maximum Gasteiger partial charge on any atom is 0.306 e. The number of aromatic hydroxyl groups is 1. The van der Waals surface area contributed by atoms with E-state index < -0.39 is 16.4 Å². The fourth-order valence-corrected chi connectivity index (χ4v) is 1.62. The van der Waals surface area contributed by atoms with Crippen molar-refractivity contribution in [2.75, 3.05) is 5.32 Å². The number of nitro benzene ring substituents is 1. The van der Waals surface area contributed by atoms with E-state index in [0.29, 0.717) is 11.3 Å². The Kier molecular flexibility index (Phi) is 3.61. The first-order chi connectivity index (χ1) is 9.08. The van der Waals surface area contributed by atoms with Crippen molar-refractivity contribution in [3.8, 4) is 5.75 Å². The van der Waals surface area contributed by atoms with Gasteiger partial charge in [-0.15, -0.1) is 0 Å². The molecular formula is C13H11FN2O3. The molecule has 2 aromatic carbocycles. The number of hydrogen-bond donors (Lipinski definition) is 2. The Bertz CT molecular complexity index is 617. The van der Waals surface area contributed by atoms with Crippen LogP contribution in [0, 0.1) is 15.9 Å². The zero-order valence-corrected chi connectivity index (χ0v) is 9.84. The molecule has 0 amide bonds. The molecule has 19 heavy (non-hydrogen) atoms. The van der Waals surface area contributed by atoms with Crippen LogP contribution in [0.25, 0.3) is 0 Å². The molecule has 2 N–H and O–H groups in total. The summed E-state index contributed by atoms with van der Waals surface area (Å²) in [7, 11) is 0. The molecule has 0 aliphatic carbocycles. The number of rotatable bonds is 4. The van der Waals surface area contributed by atoms with E-state index in [1.807, 2.05) is 0 Å². The molecule has 0 radical (unpaired) electrons. The van der Waals surface area contributed by atoms with Gasteiger partial charge in [-0.3, -0.25) is 10.1 Å². The third-order valence-corrected chi connectivity index (χ3v) is 2.62. The number of para-hydroxylation sites is 1. The van der Waals surface area contributed by atoms with Crippen LogP contribution in [-0.2, 0) is 6.54 Å². The van der Waals surface area contributed by atoms with Gasteiger partial charge in [0.15, 0.2) is 0 Å². The van der Waals surface area contributed by atoms with Gasteiger partial charge in [0.2, 0.25) is 5.82 Å². The molecule has 0 saturated heterocycles. The lowest BCUT2D eigenvalue weighted by molar-refractivity contribution is -0.387. The second-order valence-corrected chi connectivity index (χ2v) is 3.91.